The van der Waals surface area contributed by atoms with Crippen molar-refractivity contribution in [3.63, 3.8) is 0 Å². The first-order valence-electron chi connectivity index (χ1n) is 5.51. The van der Waals surface area contributed by atoms with E-state index in [1.807, 2.05) is 25.1 Å². The van der Waals surface area contributed by atoms with Gasteiger partial charge in [-0.2, -0.15) is 11.8 Å². The SMILES string of the molecule is C[C@H](CO)[C@](C)(O)CSCc1ccccc1. The monoisotopic (exact) mass is 240 g/mol. The average molecular weight is 240 g/mol. The first-order valence-corrected chi connectivity index (χ1v) is 6.66. The van der Waals surface area contributed by atoms with Crippen LogP contribution in [0.25, 0.3) is 0 Å². The van der Waals surface area contributed by atoms with Crippen LogP contribution < -0.4 is 0 Å². The second kappa shape index (κ2) is 6.28. The Morgan fingerprint density at radius 3 is 2.50 bits per heavy atom. The van der Waals surface area contributed by atoms with Crippen molar-refractivity contribution in [2.75, 3.05) is 12.4 Å². The molecule has 90 valence electrons. The number of benzene rings is 1. The van der Waals surface area contributed by atoms with Crippen molar-refractivity contribution in [3.8, 4) is 0 Å². The molecule has 3 heteroatoms. The van der Waals surface area contributed by atoms with E-state index in [4.69, 9.17) is 5.11 Å². The summed E-state index contributed by atoms with van der Waals surface area (Å²) in [6.45, 7) is 3.67. The predicted molar refractivity (Wildman–Crippen MR) is 69.5 cm³/mol. The number of aliphatic hydroxyl groups is 2. The van der Waals surface area contributed by atoms with E-state index < -0.39 is 5.60 Å². The third kappa shape index (κ3) is 4.16. The van der Waals surface area contributed by atoms with Crippen molar-refractivity contribution in [1.82, 2.24) is 0 Å². The summed E-state index contributed by atoms with van der Waals surface area (Å²) in [5.74, 6) is 1.45. The third-order valence-corrected chi connectivity index (χ3v) is 4.17. The van der Waals surface area contributed by atoms with Crippen LogP contribution in [0.3, 0.4) is 0 Å². The van der Waals surface area contributed by atoms with Gasteiger partial charge in [0.15, 0.2) is 0 Å². The van der Waals surface area contributed by atoms with Gasteiger partial charge in [0.1, 0.15) is 0 Å². The summed E-state index contributed by atoms with van der Waals surface area (Å²) in [4.78, 5) is 0. The Hall–Kier alpha value is -0.510. The molecule has 0 fully saturated rings. The molecule has 0 bridgehead atoms. The fourth-order valence-electron chi connectivity index (χ4n) is 1.29. The van der Waals surface area contributed by atoms with Gasteiger partial charge in [-0.15, -0.1) is 0 Å². The van der Waals surface area contributed by atoms with Gasteiger partial charge < -0.3 is 10.2 Å². The Morgan fingerprint density at radius 2 is 1.94 bits per heavy atom. The second-order valence-corrected chi connectivity index (χ2v) is 5.40. The molecule has 0 heterocycles. The lowest BCUT2D eigenvalue weighted by molar-refractivity contribution is 0.00446. The Kier molecular flexibility index (Phi) is 5.32. The zero-order valence-corrected chi connectivity index (χ0v) is 10.7. The molecule has 1 aromatic carbocycles. The predicted octanol–water partition coefficient (Wildman–Crippen LogP) is 2.30. The molecule has 0 aromatic heterocycles. The van der Waals surface area contributed by atoms with Gasteiger partial charge in [-0.1, -0.05) is 37.3 Å². The van der Waals surface area contributed by atoms with Gasteiger partial charge in [-0.05, 0) is 12.5 Å². The normalized spacial score (nSPS) is 16.8. The van der Waals surface area contributed by atoms with Crippen LogP contribution >= 0.6 is 11.8 Å². The van der Waals surface area contributed by atoms with Crippen molar-refractivity contribution >= 4 is 11.8 Å². The second-order valence-electron chi connectivity index (χ2n) is 4.42. The average Bonchev–Trinajstić information content (AvgIpc) is 2.29. The summed E-state index contributed by atoms with van der Waals surface area (Å²) in [5, 5.41) is 19.1. The Bertz CT molecular complexity index is 298. The topological polar surface area (TPSA) is 40.5 Å². The quantitative estimate of drug-likeness (QED) is 0.801. The van der Waals surface area contributed by atoms with E-state index in [-0.39, 0.29) is 12.5 Å². The van der Waals surface area contributed by atoms with Crippen molar-refractivity contribution in [2.24, 2.45) is 5.92 Å². The van der Waals surface area contributed by atoms with E-state index in [1.165, 1.54) is 5.56 Å². The van der Waals surface area contributed by atoms with E-state index in [0.717, 1.165) is 5.75 Å². The number of hydrogen-bond acceptors (Lipinski definition) is 3. The molecule has 16 heavy (non-hydrogen) atoms. The molecule has 0 aliphatic carbocycles. The molecule has 0 amide bonds. The molecule has 0 aliphatic heterocycles. The Balaban J connectivity index is 2.35. The van der Waals surface area contributed by atoms with Gasteiger partial charge in [-0.25, -0.2) is 0 Å². The molecule has 1 rings (SSSR count). The van der Waals surface area contributed by atoms with Gasteiger partial charge >= 0.3 is 0 Å². The van der Waals surface area contributed by atoms with Gasteiger partial charge in [0.2, 0.25) is 0 Å². The Morgan fingerprint density at radius 1 is 1.31 bits per heavy atom. The lowest BCUT2D eigenvalue weighted by Crippen LogP contribution is -2.37. The van der Waals surface area contributed by atoms with E-state index in [1.54, 1.807) is 18.7 Å². The molecular formula is C13H20O2S. The molecule has 0 unspecified atom stereocenters. The summed E-state index contributed by atoms with van der Waals surface area (Å²) in [7, 11) is 0. The third-order valence-electron chi connectivity index (χ3n) is 2.84. The fourth-order valence-corrected chi connectivity index (χ4v) is 2.52. The summed E-state index contributed by atoms with van der Waals surface area (Å²) < 4.78 is 0. The lowest BCUT2D eigenvalue weighted by atomic mass is 9.94. The van der Waals surface area contributed by atoms with Crippen LogP contribution in [0.5, 0.6) is 0 Å². The van der Waals surface area contributed by atoms with Crippen LogP contribution in [-0.4, -0.2) is 28.2 Å². The van der Waals surface area contributed by atoms with Crippen LogP contribution in [0.15, 0.2) is 30.3 Å². The van der Waals surface area contributed by atoms with E-state index in [2.05, 4.69) is 12.1 Å². The van der Waals surface area contributed by atoms with Crippen LogP contribution in [0.2, 0.25) is 0 Å². The maximum atomic E-state index is 10.1. The van der Waals surface area contributed by atoms with Gasteiger partial charge in [0.05, 0.1) is 5.60 Å². The minimum atomic E-state index is -0.797. The molecule has 0 radical (unpaired) electrons. The first kappa shape index (κ1) is 13.6. The van der Waals surface area contributed by atoms with Crippen molar-refractivity contribution in [3.05, 3.63) is 35.9 Å². The molecular weight excluding hydrogens is 220 g/mol. The highest BCUT2D eigenvalue weighted by molar-refractivity contribution is 7.98. The smallest absolute Gasteiger partial charge is 0.0757 e. The van der Waals surface area contributed by atoms with Crippen LogP contribution in [-0.2, 0) is 5.75 Å². The van der Waals surface area contributed by atoms with Gasteiger partial charge in [0.25, 0.3) is 0 Å². The summed E-state index contributed by atoms with van der Waals surface area (Å²) in [5.41, 5.74) is 0.466. The maximum Gasteiger partial charge on any atom is 0.0757 e. The van der Waals surface area contributed by atoms with Crippen LogP contribution in [0.1, 0.15) is 19.4 Å². The molecule has 2 N–H and O–H groups in total. The van der Waals surface area contributed by atoms with Crippen LogP contribution in [0.4, 0.5) is 0 Å². The lowest BCUT2D eigenvalue weighted by Gasteiger charge is -2.28. The number of hydrogen-bond donors (Lipinski definition) is 2. The van der Waals surface area contributed by atoms with Gasteiger partial charge in [0, 0.05) is 24.0 Å². The molecule has 0 spiro atoms. The number of aliphatic hydroxyl groups excluding tert-OH is 1. The van der Waals surface area contributed by atoms with Crippen molar-refractivity contribution in [1.29, 1.82) is 0 Å². The zero-order chi connectivity index (χ0) is 12.0. The summed E-state index contributed by atoms with van der Waals surface area (Å²) in [6, 6.07) is 10.2. The molecule has 2 nitrogen and oxygen atoms in total. The summed E-state index contributed by atoms with van der Waals surface area (Å²) >= 11 is 1.70. The largest absolute Gasteiger partial charge is 0.396 e. The first-order chi connectivity index (χ1) is 7.56. The number of rotatable bonds is 6. The Labute approximate surface area is 102 Å². The molecule has 0 aliphatic rings. The minimum Gasteiger partial charge on any atom is -0.396 e. The molecule has 2 atom stereocenters. The van der Waals surface area contributed by atoms with E-state index in [9.17, 15) is 5.11 Å². The minimum absolute atomic E-state index is 0.0267. The molecule has 1 aromatic rings. The van der Waals surface area contributed by atoms with E-state index >= 15 is 0 Å². The molecule has 0 saturated carbocycles. The standard InChI is InChI=1S/C13H20O2S/c1-11(8-14)13(2,15)10-16-9-12-6-4-3-5-7-12/h3-7,11,14-15H,8-10H2,1-2H3/t11-,13-/m1/s1. The highest BCUT2D eigenvalue weighted by Crippen LogP contribution is 2.23. The highest BCUT2D eigenvalue weighted by atomic mass is 32.2. The molecule has 0 saturated heterocycles. The summed E-state index contributed by atoms with van der Waals surface area (Å²) in [6.07, 6.45) is 0. The van der Waals surface area contributed by atoms with Crippen LogP contribution in [0, 0.1) is 5.92 Å². The highest BCUT2D eigenvalue weighted by Gasteiger charge is 2.27. The van der Waals surface area contributed by atoms with Crippen molar-refractivity contribution in [2.45, 2.75) is 25.2 Å². The van der Waals surface area contributed by atoms with Gasteiger partial charge in [-0.3, -0.25) is 0 Å². The van der Waals surface area contributed by atoms with Crippen molar-refractivity contribution < 1.29 is 10.2 Å². The fraction of sp³-hybridized carbons (Fsp3) is 0.538. The number of thioether (sulfide) groups is 1. The van der Waals surface area contributed by atoms with E-state index in [0.29, 0.717) is 5.75 Å². The zero-order valence-electron chi connectivity index (χ0n) is 9.89. The maximum absolute atomic E-state index is 10.1.